The van der Waals surface area contributed by atoms with E-state index < -0.39 is 0 Å². The zero-order chi connectivity index (χ0) is 11.8. The summed E-state index contributed by atoms with van der Waals surface area (Å²) in [6.07, 6.45) is 7.62. The summed E-state index contributed by atoms with van der Waals surface area (Å²) in [7, 11) is 0. The average Bonchev–Trinajstić information content (AvgIpc) is 2.51. The molecular weight excluding hydrogens is 200 g/mol. The monoisotopic (exact) mass is 224 g/mol. The van der Waals surface area contributed by atoms with Crippen molar-refractivity contribution in [3.63, 3.8) is 0 Å². The van der Waals surface area contributed by atoms with Gasteiger partial charge in [0.15, 0.2) is 0 Å². The Morgan fingerprint density at radius 1 is 1.50 bits per heavy atom. The summed E-state index contributed by atoms with van der Waals surface area (Å²) in [6.45, 7) is 6.64. The molecule has 1 aliphatic carbocycles. The lowest BCUT2D eigenvalue weighted by Gasteiger charge is -2.39. The normalized spacial score (nSPS) is 42.9. The first-order valence-electron chi connectivity index (χ1n) is 6.76. The highest BCUT2D eigenvalue weighted by Gasteiger charge is 2.48. The number of rotatable bonds is 3. The fourth-order valence-electron chi connectivity index (χ4n) is 3.40. The molecule has 2 fully saturated rings. The van der Waals surface area contributed by atoms with E-state index in [-0.39, 0.29) is 18.0 Å². The summed E-state index contributed by atoms with van der Waals surface area (Å²) in [5.41, 5.74) is 0.418. The van der Waals surface area contributed by atoms with E-state index in [2.05, 4.69) is 13.8 Å². The lowest BCUT2D eigenvalue weighted by atomic mass is 9.66. The van der Waals surface area contributed by atoms with Gasteiger partial charge in [0, 0.05) is 5.92 Å². The molecule has 0 bridgehead atoms. The van der Waals surface area contributed by atoms with Crippen molar-refractivity contribution in [1.82, 2.24) is 0 Å². The van der Waals surface area contributed by atoms with Crippen molar-refractivity contribution in [2.75, 3.05) is 0 Å². The van der Waals surface area contributed by atoms with Crippen LogP contribution in [-0.2, 0) is 9.53 Å². The van der Waals surface area contributed by atoms with Crippen LogP contribution in [0.3, 0.4) is 0 Å². The predicted octanol–water partition coefficient (Wildman–Crippen LogP) is 3.54. The second-order valence-electron chi connectivity index (χ2n) is 6.08. The van der Waals surface area contributed by atoms with Gasteiger partial charge in [0.25, 0.3) is 0 Å². The predicted molar refractivity (Wildman–Crippen MR) is 64.0 cm³/mol. The molecule has 2 nitrogen and oxygen atoms in total. The fraction of sp³-hybridized carbons (Fsp3) is 0.929. The molecule has 0 aromatic carbocycles. The molecular formula is C14H24O2. The molecule has 0 N–H and O–H groups in total. The first-order valence-corrected chi connectivity index (χ1v) is 6.76. The van der Waals surface area contributed by atoms with Crippen LogP contribution in [0, 0.1) is 17.3 Å². The Kier molecular flexibility index (Phi) is 3.27. The quantitative estimate of drug-likeness (QED) is 0.685. The zero-order valence-electron chi connectivity index (χ0n) is 10.8. The molecule has 92 valence electrons. The van der Waals surface area contributed by atoms with E-state index in [1.807, 2.05) is 6.92 Å². The third-order valence-corrected chi connectivity index (χ3v) is 4.67. The average molecular weight is 224 g/mol. The molecule has 0 amide bonds. The van der Waals surface area contributed by atoms with Crippen molar-refractivity contribution in [2.24, 2.45) is 17.3 Å². The highest BCUT2D eigenvalue weighted by Crippen LogP contribution is 2.48. The van der Waals surface area contributed by atoms with Crippen molar-refractivity contribution in [1.29, 1.82) is 0 Å². The molecule has 0 spiro atoms. The molecule has 0 radical (unpaired) electrons. The Labute approximate surface area is 98.7 Å². The van der Waals surface area contributed by atoms with Crippen LogP contribution in [0.15, 0.2) is 0 Å². The van der Waals surface area contributed by atoms with Gasteiger partial charge in [0.1, 0.15) is 6.10 Å². The maximum absolute atomic E-state index is 11.5. The van der Waals surface area contributed by atoms with Crippen LogP contribution in [0.2, 0.25) is 0 Å². The number of esters is 1. The SMILES string of the molecule is CCCCC1(C)CCC2[C@@H](C1)OC(=O)[C@@H]2C. The molecule has 1 saturated heterocycles. The highest BCUT2D eigenvalue weighted by atomic mass is 16.6. The molecule has 1 saturated carbocycles. The molecule has 1 heterocycles. The Hall–Kier alpha value is -0.530. The van der Waals surface area contributed by atoms with Crippen LogP contribution in [0.4, 0.5) is 0 Å². The van der Waals surface area contributed by atoms with Crippen LogP contribution < -0.4 is 0 Å². The topological polar surface area (TPSA) is 26.3 Å². The summed E-state index contributed by atoms with van der Waals surface area (Å²) < 4.78 is 5.51. The second kappa shape index (κ2) is 4.38. The number of carbonyl (C=O) groups excluding carboxylic acids is 1. The van der Waals surface area contributed by atoms with Gasteiger partial charge in [-0.05, 0) is 31.1 Å². The third kappa shape index (κ3) is 2.11. The Bertz CT molecular complexity index is 274. The summed E-state index contributed by atoms with van der Waals surface area (Å²) in [6, 6.07) is 0. The standard InChI is InChI=1S/C14H24O2/c1-4-5-7-14(3)8-6-11-10(2)13(15)16-12(11)9-14/h10-12H,4-9H2,1-3H3/t10-,11?,12-,14?/m1/s1. The van der Waals surface area contributed by atoms with Gasteiger partial charge in [-0.2, -0.15) is 0 Å². The minimum absolute atomic E-state index is 0.0368. The number of ether oxygens (including phenoxy) is 1. The molecule has 0 aromatic rings. The van der Waals surface area contributed by atoms with Gasteiger partial charge in [-0.1, -0.05) is 33.6 Å². The van der Waals surface area contributed by atoms with E-state index in [1.165, 1.54) is 32.1 Å². The Morgan fingerprint density at radius 2 is 2.25 bits per heavy atom. The smallest absolute Gasteiger partial charge is 0.309 e. The Balaban J connectivity index is 1.98. The molecule has 0 aromatic heterocycles. The lowest BCUT2D eigenvalue weighted by molar-refractivity contribution is -0.145. The molecule has 2 heteroatoms. The first kappa shape index (κ1) is 11.9. The maximum atomic E-state index is 11.5. The highest BCUT2D eigenvalue weighted by molar-refractivity contribution is 5.74. The van der Waals surface area contributed by atoms with Crippen molar-refractivity contribution < 1.29 is 9.53 Å². The largest absolute Gasteiger partial charge is 0.462 e. The van der Waals surface area contributed by atoms with Gasteiger partial charge in [-0.3, -0.25) is 4.79 Å². The minimum atomic E-state index is 0.0368. The van der Waals surface area contributed by atoms with Crippen LogP contribution in [-0.4, -0.2) is 12.1 Å². The molecule has 1 aliphatic heterocycles. The number of carbonyl (C=O) groups is 1. The van der Waals surface area contributed by atoms with Crippen molar-refractivity contribution in [2.45, 2.75) is 65.4 Å². The molecule has 16 heavy (non-hydrogen) atoms. The third-order valence-electron chi connectivity index (χ3n) is 4.67. The number of fused-ring (bicyclic) bond motifs is 1. The van der Waals surface area contributed by atoms with Crippen molar-refractivity contribution in [3.8, 4) is 0 Å². The molecule has 2 rings (SSSR count). The van der Waals surface area contributed by atoms with Crippen LogP contribution in [0.1, 0.15) is 59.3 Å². The van der Waals surface area contributed by atoms with E-state index in [4.69, 9.17) is 4.74 Å². The van der Waals surface area contributed by atoms with Crippen LogP contribution >= 0.6 is 0 Å². The fourth-order valence-corrected chi connectivity index (χ4v) is 3.40. The van der Waals surface area contributed by atoms with Gasteiger partial charge in [0.05, 0.1) is 5.92 Å². The lowest BCUT2D eigenvalue weighted by Crippen LogP contribution is -2.34. The van der Waals surface area contributed by atoms with E-state index in [1.54, 1.807) is 0 Å². The van der Waals surface area contributed by atoms with Gasteiger partial charge in [0.2, 0.25) is 0 Å². The van der Waals surface area contributed by atoms with E-state index in [0.717, 1.165) is 6.42 Å². The van der Waals surface area contributed by atoms with Crippen LogP contribution in [0.25, 0.3) is 0 Å². The van der Waals surface area contributed by atoms with Gasteiger partial charge in [-0.25, -0.2) is 0 Å². The van der Waals surface area contributed by atoms with Gasteiger partial charge < -0.3 is 4.74 Å². The van der Waals surface area contributed by atoms with Gasteiger partial charge in [-0.15, -0.1) is 0 Å². The maximum Gasteiger partial charge on any atom is 0.309 e. The number of hydrogen-bond donors (Lipinski definition) is 0. The summed E-state index contributed by atoms with van der Waals surface area (Å²) in [5, 5.41) is 0. The van der Waals surface area contributed by atoms with E-state index in [9.17, 15) is 4.79 Å². The number of unbranched alkanes of at least 4 members (excludes halogenated alkanes) is 1. The number of hydrogen-bond acceptors (Lipinski definition) is 2. The molecule has 2 unspecified atom stereocenters. The minimum Gasteiger partial charge on any atom is -0.462 e. The van der Waals surface area contributed by atoms with Gasteiger partial charge >= 0.3 is 5.97 Å². The first-order chi connectivity index (χ1) is 7.56. The second-order valence-corrected chi connectivity index (χ2v) is 6.08. The Morgan fingerprint density at radius 3 is 2.94 bits per heavy atom. The van der Waals surface area contributed by atoms with E-state index >= 15 is 0 Å². The van der Waals surface area contributed by atoms with Crippen LogP contribution in [0.5, 0.6) is 0 Å². The molecule has 4 atom stereocenters. The summed E-state index contributed by atoms with van der Waals surface area (Å²) in [4.78, 5) is 11.5. The van der Waals surface area contributed by atoms with E-state index in [0.29, 0.717) is 11.3 Å². The molecule has 2 aliphatic rings. The zero-order valence-corrected chi connectivity index (χ0v) is 10.8. The summed E-state index contributed by atoms with van der Waals surface area (Å²) in [5.74, 6) is 0.678. The van der Waals surface area contributed by atoms with Crippen molar-refractivity contribution >= 4 is 5.97 Å². The summed E-state index contributed by atoms with van der Waals surface area (Å²) >= 11 is 0. The van der Waals surface area contributed by atoms with Crippen molar-refractivity contribution in [3.05, 3.63) is 0 Å².